The fraction of sp³-hybridized carbons (Fsp3) is 0.562. The molecule has 1 aromatic rings. The van der Waals surface area contributed by atoms with Gasteiger partial charge in [0.2, 0.25) is 0 Å². The van der Waals surface area contributed by atoms with E-state index < -0.39 is 20.8 Å². The summed E-state index contributed by atoms with van der Waals surface area (Å²) in [6.07, 6.45) is 1.72. The maximum atomic E-state index is 10.4. The molecule has 0 saturated carbocycles. The number of phenols is 1. The van der Waals surface area contributed by atoms with E-state index in [0.29, 0.717) is 5.75 Å². The van der Waals surface area contributed by atoms with Crippen molar-refractivity contribution < 1.29 is 26.0 Å². The molecule has 0 saturated heterocycles. The van der Waals surface area contributed by atoms with Crippen LogP contribution in [0.2, 0.25) is 0 Å². The van der Waals surface area contributed by atoms with E-state index in [1.54, 1.807) is 13.3 Å². The molecule has 0 bridgehead atoms. The van der Waals surface area contributed by atoms with Crippen LogP contribution in [0.15, 0.2) is 17.1 Å². The number of halogens is 2. The summed E-state index contributed by atoms with van der Waals surface area (Å²) in [4.78, 5) is 4.03. The molecule has 2 nitrogen and oxygen atoms in total. The van der Waals surface area contributed by atoms with E-state index in [1.165, 1.54) is 5.56 Å². The number of hydrogen-bond acceptors (Lipinski definition) is 2. The van der Waals surface area contributed by atoms with Crippen LogP contribution < -0.4 is 0 Å². The van der Waals surface area contributed by atoms with Gasteiger partial charge in [-0.3, -0.25) is 4.99 Å². The van der Waals surface area contributed by atoms with Gasteiger partial charge in [0.05, 0.1) is 0 Å². The van der Waals surface area contributed by atoms with Gasteiger partial charge in [-0.05, 0) is 22.5 Å². The van der Waals surface area contributed by atoms with Gasteiger partial charge in [0.25, 0.3) is 0 Å². The third-order valence-corrected chi connectivity index (χ3v) is 3.08. The summed E-state index contributed by atoms with van der Waals surface area (Å²) in [5.41, 5.74) is 2.98. The number of aromatic hydroxyl groups is 1. The van der Waals surface area contributed by atoms with Gasteiger partial charge in [0.1, 0.15) is 5.75 Å². The van der Waals surface area contributed by atoms with Crippen molar-refractivity contribution in [1.29, 1.82) is 0 Å². The van der Waals surface area contributed by atoms with Crippen LogP contribution in [0.5, 0.6) is 5.75 Å². The van der Waals surface area contributed by atoms with E-state index in [1.807, 2.05) is 6.07 Å². The number of benzene rings is 1. The van der Waals surface area contributed by atoms with E-state index in [0.717, 1.165) is 11.1 Å². The van der Waals surface area contributed by atoms with Crippen LogP contribution in [0.3, 0.4) is 0 Å². The zero-order chi connectivity index (χ0) is 16.8. The van der Waals surface area contributed by atoms with Gasteiger partial charge in [-0.1, -0.05) is 47.6 Å². The van der Waals surface area contributed by atoms with Crippen LogP contribution in [0.4, 0.5) is 0 Å². The zero-order valence-corrected chi connectivity index (χ0v) is 17.9. The van der Waals surface area contributed by atoms with E-state index in [4.69, 9.17) is 17.0 Å². The van der Waals surface area contributed by atoms with Crippen molar-refractivity contribution in [1.82, 2.24) is 0 Å². The van der Waals surface area contributed by atoms with Crippen LogP contribution in [-0.4, -0.2) is 18.4 Å². The SMILES string of the molecule is CN=Cc1cc(C(C)(C)C)cc(C(C)(C)C)c1O.[Cl][Zr][Cl]. The molecule has 0 aromatic heterocycles. The summed E-state index contributed by atoms with van der Waals surface area (Å²) in [6, 6.07) is 4.14. The van der Waals surface area contributed by atoms with Crippen LogP contribution >= 0.6 is 17.0 Å². The van der Waals surface area contributed by atoms with Gasteiger partial charge in [-0.2, -0.15) is 0 Å². The van der Waals surface area contributed by atoms with Crippen molar-refractivity contribution in [3.05, 3.63) is 28.8 Å². The summed E-state index contributed by atoms with van der Waals surface area (Å²) >= 11 is -0.826. The standard InChI is InChI=1S/C16H25NO.2ClH.Zr/c1-15(2,3)12-8-11(10-17-7)14(18)13(9-12)16(4,5)6;;;/h8-10,18H,1-7H3;2*1H;/q;;;+2/p-2. The van der Waals surface area contributed by atoms with Gasteiger partial charge in [-0.15, -0.1) is 0 Å². The van der Waals surface area contributed by atoms with E-state index in [2.05, 4.69) is 52.6 Å². The summed E-state index contributed by atoms with van der Waals surface area (Å²) in [5.74, 6) is 0.348. The third kappa shape index (κ3) is 6.84. The second-order valence-corrected chi connectivity index (χ2v) is 10.7. The topological polar surface area (TPSA) is 32.6 Å². The van der Waals surface area contributed by atoms with Crippen LogP contribution in [0, 0.1) is 0 Å². The Balaban J connectivity index is 0.00000122. The van der Waals surface area contributed by atoms with E-state index in [-0.39, 0.29) is 10.8 Å². The third-order valence-electron chi connectivity index (χ3n) is 3.08. The molecule has 0 heterocycles. The number of phenolic OH excluding ortho intramolecular Hbond substituents is 1. The first-order chi connectivity index (χ1) is 9.48. The predicted octanol–water partition coefficient (Wildman–Crippen LogP) is 5.41. The van der Waals surface area contributed by atoms with Gasteiger partial charge in [0, 0.05) is 24.4 Å². The summed E-state index contributed by atoms with van der Waals surface area (Å²) in [7, 11) is 11.6. The van der Waals surface area contributed by atoms with E-state index >= 15 is 0 Å². The molecule has 0 spiro atoms. The second-order valence-electron chi connectivity index (χ2n) is 6.92. The molecule has 0 amide bonds. The normalized spacial score (nSPS) is 12.0. The van der Waals surface area contributed by atoms with Gasteiger partial charge < -0.3 is 5.11 Å². The summed E-state index contributed by atoms with van der Waals surface area (Å²) < 4.78 is 0. The fourth-order valence-electron chi connectivity index (χ4n) is 1.90. The monoisotopic (exact) mass is 407 g/mol. The van der Waals surface area contributed by atoms with Crippen molar-refractivity contribution in [2.24, 2.45) is 4.99 Å². The quantitative estimate of drug-likeness (QED) is 0.618. The van der Waals surface area contributed by atoms with Crippen LogP contribution in [0.25, 0.3) is 0 Å². The van der Waals surface area contributed by atoms with Crippen molar-refractivity contribution in [3.8, 4) is 5.75 Å². The molecule has 21 heavy (non-hydrogen) atoms. The first-order valence-electron chi connectivity index (χ1n) is 6.75. The van der Waals surface area contributed by atoms with Gasteiger partial charge in [-0.25, -0.2) is 0 Å². The Labute approximate surface area is 147 Å². The average molecular weight is 410 g/mol. The summed E-state index contributed by atoms with van der Waals surface area (Å²) in [5, 5.41) is 10.4. The molecule has 0 aliphatic carbocycles. The Hall–Kier alpha value is 0.153. The number of nitrogens with zero attached hydrogens (tertiary/aromatic N) is 1. The molecular weight excluding hydrogens is 384 g/mol. The number of aliphatic imine (C=N–C) groups is 1. The van der Waals surface area contributed by atoms with Crippen molar-refractivity contribution >= 4 is 23.2 Å². The Morgan fingerprint density at radius 2 is 1.52 bits per heavy atom. The van der Waals surface area contributed by atoms with Gasteiger partial charge >= 0.3 is 37.9 Å². The molecule has 0 fully saturated rings. The Morgan fingerprint density at radius 3 is 1.86 bits per heavy atom. The first kappa shape index (κ1) is 21.2. The second kappa shape index (κ2) is 8.70. The molecule has 1 aromatic carbocycles. The molecule has 5 heteroatoms. The maximum absolute atomic E-state index is 10.4. The Bertz CT molecular complexity index is 488. The van der Waals surface area contributed by atoms with E-state index in [9.17, 15) is 5.11 Å². The zero-order valence-electron chi connectivity index (χ0n) is 13.9. The fourth-order valence-corrected chi connectivity index (χ4v) is 1.90. The molecule has 0 radical (unpaired) electrons. The van der Waals surface area contributed by atoms with Crippen molar-refractivity contribution in [2.45, 2.75) is 52.4 Å². The van der Waals surface area contributed by atoms with Crippen molar-refractivity contribution in [3.63, 3.8) is 0 Å². The predicted molar refractivity (Wildman–Crippen MR) is 90.7 cm³/mol. The number of hydrogen-bond donors (Lipinski definition) is 1. The minimum absolute atomic E-state index is 0.0596. The molecule has 0 aliphatic rings. The minimum atomic E-state index is -0.826. The molecule has 0 aliphatic heterocycles. The molecule has 0 unspecified atom stereocenters. The Morgan fingerprint density at radius 1 is 1.05 bits per heavy atom. The van der Waals surface area contributed by atoms with Gasteiger partial charge in [0.15, 0.2) is 0 Å². The summed E-state index contributed by atoms with van der Waals surface area (Å²) in [6.45, 7) is 12.9. The molecule has 1 rings (SSSR count). The first-order valence-corrected chi connectivity index (χ1v) is 13.1. The average Bonchev–Trinajstić information content (AvgIpc) is 2.30. The molecule has 1 N–H and O–H groups in total. The molecule has 118 valence electrons. The van der Waals surface area contributed by atoms with Crippen molar-refractivity contribution in [2.75, 3.05) is 7.05 Å². The van der Waals surface area contributed by atoms with Crippen LogP contribution in [-0.2, 0) is 31.7 Å². The number of rotatable bonds is 1. The molecule has 0 atom stereocenters. The van der Waals surface area contributed by atoms with Crippen LogP contribution in [0.1, 0.15) is 58.2 Å². The molecular formula is C16H25Cl2NOZr. The Kier molecular flexibility index (Phi) is 8.76.